The molecule has 0 fully saturated rings. The van der Waals surface area contributed by atoms with Gasteiger partial charge in [-0.15, -0.1) is 11.6 Å². The molecule has 0 saturated heterocycles. The van der Waals surface area contributed by atoms with Crippen molar-refractivity contribution in [2.24, 2.45) is 0 Å². The average molecular weight is 439 g/mol. The molecule has 1 N–H and O–H groups in total. The summed E-state index contributed by atoms with van der Waals surface area (Å²) >= 11 is 5.54. The van der Waals surface area contributed by atoms with E-state index < -0.39 is 16.3 Å². The van der Waals surface area contributed by atoms with Crippen LogP contribution in [0.25, 0.3) is 4.72 Å². The number of urea groups is 1. The number of aryl methyl sites for hydroxylation is 1. The number of aromatic nitrogens is 2. The Labute approximate surface area is 189 Å². The first-order chi connectivity index (χ1) is 12.8. The van der Waals surface area contributed by atoms with Gasteiger partial charge in [-0.3, -0.25) is 9.52 Å². The molecule has 0 bridgehead atoms. The molecular weight excluding hydrogens is 423 g/mol. The standard InChI is InChI=1S/C15H17ClN4O6S.Na/c1-10-9-13(24-2)18-14(17-10)19-15(21)20-27(22,23)26-12-6-4-3-5-11(12)25-8-7-16;/h3-6,9H,7-8H2,1-2H3,(H2,17,18,19,20,21);/q;+1/p-1. The van der Waals surface area contributed by atoms with Crippen LogP contribution in [0.1, 0.15) is 5.69 Å². The van der Waals surface area contributed by atoms with Gasteiger partial charge in [0.2, 0.25) is 5.88 Å². The number of anilines is 1. The molecule has 0 aliphatic heterocycles. The molecule has 2 rings (SSSR count). The summed E-state index contributed by atoms with van der Waals surface area (Å²) in [4.78, 5) is 19.7. The molecule has 1 aromatic carbocycles. The zero-order chi connectivity index (χ0) is 19.9. The minimum atomic E-state index is -4.61. The Morgan fingerprint density at radius 3 is 2.57 bits per heavy atom. The van der Waals surface area contributed by atoms with Crippen LogP contribution in [-0.4, -0.2) is 44.0 Å². The summed E-state index contributed by atoms with van der Waals surface area (Å²) in [5, 5.41) is 2.13. The number of halogens is 1. The van der Waals surface area contributed by atoms with Gasteiger partial charge >= 0.3 is 39.9 Å². The second-order valence-electron chi connectivity index (χ2n) is 4.89. The third kappa shape index (κ3) is 7.68. The van der Waals surface area contributed by atoms with Crippen molar-refractivity contribution in [2.75, 3.05) is 24.9 Å². The number of carbonyl (C=O) groups excluding carboxylic acids is 1. The molecule has 146 valence electrons. The average Bonchev–Trinajstić information content (AvgIpc) is 2.59. The van der Waals surface area contributed by atoms with Crippen molar-refractivity contribution in [3.05, 3.63) is 40.7 Å². The van der Waals surface area contributed by atoms with Crippen LogP contribution in [0.5, 0.6) is 17.4 Å². The molecule has 2 aromatic rings. The smallest absolute Gasteiger partial charge is 0.488 e. The van der Waals surface area contributed by atoms with Crippen molar-refractivity contribution < 1.29 is 56.4 Å². The van der Waals surface area contributed by atoms with E-state index in [9.17, 15) is 13.2 Å². The number of amides is 2. The largest absolute Gasteiger partial charge is 1.00 e. The van der Waals surface area contributed by atoms with Crippen molar-refractivity contribution in [1.29, 1.82) is 0 Å². The van der Waals surface area contributed by atoms with E-state index in [0.29, 0.717) is 5.69 Å². The van der Waals surface area contributed by atoms with Crippen LogP contribution in [0.2, 0.25) is 0 Å². The number of alkyl halides is 1. The van der Waals surface area contributed by atoms with Crippen molar-refractivity contribution in [3.63, 3.8) is 0 Å². The normalized spacial score (nSPS) is 10.4. The van der Waals surface area contributed by atoms with Crippen molar-refractivity contribution >= 4 is 33.9 Å². The Morgan fingerprint density at radius 1 is 1.25 bits per heavy atom. The topological polar surface area (TPSA) is 131 Å². The van der Waals surface area contributed by atoms with Crippen LogP contribution in [0, 0.1) is 6.92 Å². The molecule has 1 heterocycles. The summed E-state index contributed by atoms with van der Waals surface area (Å²) in [7, 11) is -3.23. The van der Waals surface area contributed by atoms with Gasteiger partial charge in [0.15, 0.2) is 17.5 Å². The van der Waals surface area contributed by atoms with E-state index in [-0.39, 0.29) is 65.4 Å². The number of hydrogen-bond acceptors (Lipinski definition) is 8. The van der Waals surface area contributed by atoms with Crippen LogP contribution in [0.4, 0.5) is 10.7 Å². The van der Waals surface area contributed by atoms with Crippen LogP contribution in [-0.2, 0) is 10.3 Å². The summed E-state index contributed by atoms with van der Waals surface area (Å²) in [5.41, 5.74) is 0.502. The molecule has 0 spiro atoms. The first-order valence-corrected chi connectivity index (χ1v) is 9.39. The summed E-state index contributed by atoms with van der Waals surface area (Å²) in [6.07, 6.45) is 0. The maximum atomic E-state index is 12.0. The number of para-hydroxylation sites is 2. The molecule has 13 heteroatoms. The van der Waals surface area contributed by atoms with E-state index in [2.05, 4.69) is 20.0 Å². The van der Waals surface area contributed by atoms with E-state index in [1.807, 2.05) is 0 Å². The summed E-state index contributed by atoms with van der Waals surface area (Å²) in [6.45, 7) is 1.79. The second-order valence-corrected chi connectivity index (χ2v) is 6.47. The summed E-state index contributed by atoms with van der Waals surface area (Å²) < 4.78 is 42.1. The van der Waals surface area contributed by atoms with E-state index in [0.717, 1.165) is 0 Å². The quantitative estimate of drug-likeness (QED) is 0.437. The zero-order valence-corrected chi connectivity index (χ0v) is 19.0. The van der Waals surface area contributed by atoms with Gasteiger partial charge in [-0.1, -0.05) is 12.1 Å². The molecule has 0 saturated carbocycles. The molecule has 10 nitrogen and oxygen atoms in total. The first kappa shape index (κ1) is 24.2. The minimum Gasteiger partial charge on any atom is -0.488 e. The molecule has 0 aliphatic rings. The molecule has 0 radical (unpaired) electrons. The van der Waals surface area contributed by atoms with E-state index in [1.165, 1.54) is 31.4 Å². The predicted octanol–water partition coefficient (Wildman–Crippen LogP) is -0.355. The van der Waals surface area contributed by atoms with Crippen molar-refractivity contribution in [1.82, 2.24) is 9.97 Å². The van der Waals surface area contributed by atoms with Gasteiger partial charge in [-0.05, 0) is 19.1 Å². The molecule has 0 aliphatic carbocycles. The Hall–Kier alpha value is -1.79. The predicted molar refractivity (Wildman–Crippen MR) is 97.9 cm³/mol. The molecule has 0 unspecified atom stereocenters. The Balaban J connectivity index is 0.00000392. The van der Waals surface area contributed by atoms with Crippen LogP contribution in [0.15, 0.2) is 30.3 Å². The fourth-order valence-electron chi connectivity index (χ4n) is 1.84. The third-order valence-electron chi connectivity index (χ3n) is 2.83. The number of nitrogens with zero attached hydrogens (tertiary/aromatic N) is 3. The van der Waals surface area contributed by atoms with Gasteiger partial charge in [0.25, 0.3) is 0 Å². The fourth-order valence-corrected chi connectivity index (χ4v) is 2.57. The van der Waals surface area contributed by atoms with Crippen LogP contribution >= 0.6 is 11.6 Å². The van der Waals surface area contributed by atoms with E-state index >= 15 is 0 Å². The Bertz CT molecular complexity index is 915. The first-order valence-electron chi connectivity index (χ1n) is 7.49. The summed E-state index contributed by atoms with van der Waals surface area (Å²) in [5.74, 6) is 0.244. The zero-order valence-electron chi connectivity index (χ0n) is 15.4. The number of nitrogens with one attached hydrogen (secondary N) is 1. The maximum absolute atomic E-state index is 12.0. The van der Waals surface area contributed by atoms with Crippen molar-refractivity contribution in [2.45, 2.75) is 6.92 Å². The van der Waals surface area contributed by atoms with Gasteiger partial charge in [-0.2, -0.15) is 13.4 Å². The number of rotatable bonds is 8. The summed E-state index contributed by atoms with van der Waals surface area (Å²) in [6, 6.07) is 6.29. The third-order valence-corrected chi connectivity index (χ3v) is 3.77. The van der Waals surface area contributed by atoms with Crippen LogP contribution < -0.4 is 48.5 Å². The van der Waals surface area contributed by atoms with Gasteiger partial charge < -0.3 is 19.0 Å². The number of ether oxygens (including phenoxy) is 2. The van der Waals surface area contributed by atoms with Crippen molar-refractivity contribution in [3.8, 4) is 17.4 Å². The van der Waals surface area contributed by atoms with Gasteiger partial charge in [0, 0.05) is 11.8 Å². The monoisotopic (exact) mass is 438 g/mol. The Morgan fingerprint density at radius 2 is 1.93 bits per heavy atom. The molecule has 0 atom stereocenters. The number of methoxy groups -OCH3 is 1. The molecule has 1 aromatic heterocycles. The SMILES string of the molecule is COc1cc(C)nc(NC(=O)[N-]S(=O)(=O)Oc2ccccc2OCCCl)n1.[Na+]. The van der Waals surface area contributed by atoms with Gasteiger partial charge in [-0.25, -0.2) is 4.98 Å². The number of carbonyl (C=O) groups is 1. The van der Waals surface area contributed by atoms with Gasteiger partial charge in [0.05, 0.1) is 13.0 Å². The molecule has 28 heavy (non-hydrogen) atoms. The molecular formula is C15H16ClN4NaO6S. The van der Waals surface area contributed by atoms with Crippen LogP contribution in [0.3, 0.4) is 0 Å². The second kappa shape index (κ2) is 11.3. The fraction of sp³-hybridized carbons (Fsp3) is 0.267. The van der Waals surface area contributed by atoms with E-state index in [4.69, 9.17) is 25.3 Å². The Kier molecular flexibility index (Phi) is 9.76. The van der Waals surface area contributed by atoms with Gasteiger partial charge in [0.1, 0.15) is 12.6 Å². The minimum absolute atomic E-state index is 0. The van der Waals surface area contributed by atoms with E-state index in [1.54, 1.807) is 13.0 Å². The molecule has 2 amide bonds. The number of hydrogen-bond donors (Lipinski definition) is 1. The number of benzene rings is 1. The maximum Gasteiger partial charge on any atom is 1.00 e.